The van der Waals surface area contributed by atoms with Gasteiger partial charge in [0.15, 0.2) is 0 Å². The van der Waals surface area contributed by atoms with E-state index in [9.17, 15) is 9.59 Å². The lowest BCUT2D eigenvalue weighted by Crippen LogP contribution is -2.57. The first-order chi connectivity index (χ1) is 7.08. The van der Waals surface area contributed by atoms with Crippen molar-refractivity contribution in [2.24, 2.45) is 17.4 Å². The van der Waals surface area contributed by atoms with Gasteiger partial charge in [-0.1, -0.05) is 0 Å². The van der Waals surface area contributed by atoms with Gasteiger partial charge >= 0.3 is 0 Å². The van der Waals surface area contributed by atoms with Crippen molar-refractivity contribution in [2.45, 2.75) is 37.8 Å². The van der Waals surface area contributed by atoms with Crippen LogP contribution in [0.3, 0.4) is 0 Å². The minimum Gasteiger partial charge on any atom is -0.368 e. The molecular formula is C10H17N3O2. The zero-order valence-electron chi connectivity index (χ0n) is 8.69. The monoisotopic (exact) mass is 211 g/mol. The van der Waals surface area contributed by atoms with E-state index < -0.39 is 0 Å². The molecule has 0 aromatic carbocycles. The maximum Gasteiger partial charge on any atom is 0.240 e. The van der Waals surface area contributed by atoms with Crippen LogP contribution in [0.1, 0.15) is 25.7 Å². The molecular weight excluding hydrogens is 194 g/mol. The molecule has 2 amide bonds. The fourth-order valence-electron chi connectivity index (χ4n) is 2.30. The zero-order chi connectivity index (χ0) is 11.0. The minimum absolute atomic E-state index is 0.0574. The number of primary amides is 1. The smallest absolute Gasteiger partial charge is 0.240 e. The van der Waals surface area contributed by atoms with E-state index in [4.69, 9.17) is 11.5 Å². The summed E-state index contributed by atoms with van der Waals surface area (Å²) in [6.45, 7) is 0.672. The van der Waals surface area contributed by atoms with Crippen LogP contribution in [0.15, 0.2) is 0 Å². The Morgan fingerprint density at radius 1 is 1.33 bits per heavy atom. The van der Waals surface area contributed by atoms with Crippen LogP contribution in [0, 0.1) is 5.92 Å². The number of nitrogens with two attached hydrogens (primary N) is 2. The third kappa shape index (κ3) is 1.97. The van der Waals surface area contributed by atoms with Crippen molar-refractivity contribution in [3.8, 4) is 0 Å². The normalized spacial score (nSPS) is 34.2. The summed E-state index contributed by atoms with van der Waals surface area (Å²) in [5.74, 6) is 0.0866. The number of rotatable bonds is 3. The standard InChI is InChI=1S/C10H17N3O2/c11-7-3-6(4-7)5-9(14)13-2-1-8(13)10(12)15/h6-8H,1-5,11H2,(H2,12,15). The Labute approximate surface area is 88.8 Å². The second-order valence-electron chi connectivity index (χ2n) is 4.60. The lowest BCUT2D eigenvalue weighted by molar-refractivity contribution is -0.147. The van der Waals surface area contributed by atoms with Crippen LogP contribution in [0.5, 0.6) is 0 Å². The van der Waals surface area contributed by atoms with Gasteiger partial charge in [-0.05, 0) is 25.2 Å². The number of carbonyl (C=O) groups excluding carboxylic acids is 2. The molecule has 0 radical (unpaired) electrons. The van der Waals surface area contributed by atoms with Crippen LogP contribution in [0.2, 0.25) is 0 Å². The maximum absolute atomic E-state index is 11.7. The largest absolute Gasteiger partial charge is 0.368 e. The fraction of sp³-hybridized carbons (Fsp3) is 0.800. The number of likely N-dealkylation sites (tertiary alicyclic amines) is 1. The average molecular weight is 211 g/mol. The summed E-state index contributed by atoms with van der Waals surface area (Å²) in [7, 11) is 0. The predicted octanol–water partition coefficient (Wildman–Crippen LogP) is -0.800. The van der Waals surface area contributed by atoms with Crippen molar-refractivity contribution >= 4 is 11.8 Å². The van der Waals surface area contributed by atoms with Crippen molar-refractivity contribution in [3.63, 3.8) is 0 Å². The molecule has 84 valence electrons. The molecule has 1 heterocycles. The second kappa shape index (κ2) is 3.81. The Hall–Kier alpha value is -1.10. The highest BCUT2D eigenvalue weighted by molar-refractivity contribution is 5.88. The maximum atomic E-state index is 11.7. The summed E-state index contributed by atoms with van der Waals surface area (Å²) in [4.78, 5) is 24.2. The van der Waals surface area contributed by atoms with Crippen molar-refractivity contribution < 1.29 is 9.59 Å². The zero-order valence-corrected chi connectivity index (χ0v) is 8.69. The number of carbonyl (C=O) groups is 2. The summed E-state index contributed by atoms with van der Waals surface area (Å²) < 4.78 is 0. The quantitative estimate of drug-likeness (QED) is 0.640. The van der Waals surface area contributed by atoms with E-state index in [1.54, 1.807) is 4.90 Å². The van der Waals surface area contributed by atoms with Gasteiger partial charge in [-0.25, -0.2) is 0 Å². The van der Waals surface area contributed by atoms with Gasteiger partial charge in [-0.2, -0.15) is 0 Å². The van der Waals surface area contributed by atoms with Gasteiger partial charge in [0.1, 0.15) is 6.04 Å². The van der Waals surface area contributed by atoms with Gasteiger partial charge in [0.05, 0.1) is 0 Å². The highest BCUT2D eigenvalue weighted by Gasteiger charge is 2.38. The van der Waals surface area contributed by atoms with Crippen LogP contribution in [0.4, 0.5) is 0 Å². The molecule has 2 aliphatic rings. The number of amides is 2. The SMILES string of the molecule is NC(=O)C1CCN1C(=O)CC1CC(N)C1. The molecule has 5 nitrogen and oxygen atoms in total. The van der Waals surface area contributed by atoms with Crippen molar-refractivity contribution in [3.05, 3.63) is 0 Å². The summed E-state index contributed by atoms with van der Waals surface area (Å²) in [5, 5.41) is 0. The molecule has 0 aromatic rings. The van der Waals surface area contributed by atoms with Gasteiger partial charge in [0.2, 0.25) is 11.8 Å². The van der Waals surface area contributed by atoms with Crippen molar-refractivity contribution in [1.29, 1.82) is 0 Å². The fourth-order valence-corrected chi connectivity index (χ4v) is 2.30. The summed E-state index contributed by atoms with van der Waals surface area (Å²) in [5.41, 5.74) is 10.8. The molecule has 1 saturated carbocycles. The topological polar surface area (TPSA) is 89.4 Å². The number of hydrogen-bond donors (Lipinski definition) is 2. The van der Waals surface area contributed by atoms with Crippen LogP contribution >= 0.6 is 0 Å². The third-order valence-electron chi connectivity index (χ3n) is 3.40. The molecule has 4 N–H and O–H groups in total. The van der Waals surface area contributed by atoms with E-state index in [0.717, 1.165) is 12.8 Å². The van der Waals surface area contributed by atoms with Gasteiger partial charge in [0.25, 0.3) is 0 Å². The van der Waals surface area contributed by atoms with Crippen LogP contribution in [0.25, 0.3) is 0 Å². The van der Waals surface area contributed by atoms with E-state index in [-0.39, 0.29) is 23.9 Å². The molecule has 0 aromatic heterocycles. The lowest BCUT2D eigenvalue weighted by atomic mass is 9.78. The molecule has 0 spiro atoms. The first-order valence-corrected chi connectivity index (χ1v) is 5.42. The Morgan fingerprint density at radius 3 is 2.40 bits per heavy atom. The summed E-state index contributed by atoms with van der Waals surface area (Å²) in [6.07, 6.45) is 3.10. The van der Waals surface area contributed by atoms with E-state index in [1.807, 2.05) is 0 Å². The third-order valence-corrected chi connectivity index (χ3v) is 3.40. The van der Waals surface area contributed by atoms with Gasteiger partial charge in [-0.15, -0.1) is 0 Å². The molecule has 0 bridgehead atoms. The van der Waals surface area contributed by atoms with Crippen LogP contribution in [-0.4, -0.2) is 35.3 Å². The summed E-state index contributed by atoms with van der Waals surface area (Å²) >= 11 is 0. The molecule has 1 saturated heterocycles. The molecule has 1 aliphatic carbocycles. The van der Waals surface area contributed by atoms with Crippen LogP contribution < -0.4 is 11.5 Å². The Balaban J connectivity index is 1.79. The van der Waals surface area contributed by atoms with E-state index in [0.29, 0.717) is 25.3 Å². The highest BCUT2D eigenvalue weighted by Crippen LogP contribution is 2.30. The highest BCUT2D eigenvalue weighted by atomic mass is 16.2. The molecule has 15 heavy (non-hydrogen) atoms. The van der Waals surface area contributed by atoms with Crippen molar-refractivity contribution in [1.82, 2.24) is 4.90 Å². The minimum atomic E-state index is -0.389. The molecule has 2 rings (SSSR count). The average Bonchev–Trinajstić information content (AvgIpc) is 1.97. The van der Waals surface area contributed by atoms with Gasteiger partial charge in [0, 0.05) is 19.0 Å². The first-order valence-electron chi connectivity index (χ1n) is 5.42. The number of hydrogen-bond acceptors (Lipinski definition) is 3. The van der Waals surface area contributed by atoms with E-state index >= 15 is 0 Å². The Morgan fingerprint density at radius 2 is 2.00 bits per heavy atom. The predicted molar refractivity (Wildman–Crippen MR) is 54.6 cm³/mol. The Kier molecular flexibility index (Phi) is 2.65. The molecule has 1 unspecified atom stereocenters. The molecule has 2 fully saturated rings. The Bertz CT molecular complexity index is 286. The molecule has 1 atom stereocenters. The van der Waals surface area contributed by atoms with Crippen LogP contribution in [-0.2, 0) is 9.59 Å². The van der Waals surface area contributed by atoms with Gasteiger partial charge in [-0.3, -0.25) is 9.59 Å². The lowest BCUT2D eigenvalue weighted by Gasteiger charge is -2.41. The number of nitrogens with zero attached hydrogens (tertiary/aromatic N) is 1. The van der Waals surface area contributed by atoms with E-state index in [2.05, 4.69) is 0 Å². The second-order valence-corrected chi connectivity index (χ2v) is 4.60. The van der Waals surface area contributed by atoms with E-state index in [1.165, 1.54) is 0 Å². The first kappa shape index (κ1) is 10.4. The molecule has 1 aliphatic heterocycles. The summed E-state index contributed by atoms with van der Waals surface area (Å²) in [6, 6.07) is -0.0858. The van der Waals surface area contributed by atoms with Crippen molar-refractivity contribution in [2.75, 3.05) is 6.54 Å². The molecule has 5 heteroatoms. The van der Waals surface area contributed by atoms with Gasteiger partial charge < -0.3 is 16.4 Å².